The van der Waals surface area contributed by atoms with Crippen LogP contribution in [0.3, 0.4) is 0 Å². The van der Waals surface area contributed by atoms with E-state index >= 15 is 0 Å². The van der Waals surface area contributed by atoms with Crippen molar-refractivity contribution in [3.63, 3.8) is 0 Å². The van der Waals surface area contributed by atoms with Gasteiger partial charge in [-0.3, -0.25) is 0 Å². The van der Waals surface area contributed by atoms with Crippen LogP contribution in [-0.4, -0.2) is 12.1 Å². The highest BCUT2D eigenvalue weighted by atomic mass is 16.5. The number of allylic oxidation sites excluding steroid dienone is 3. The fourth-order valence-electron chi connectivity index (χ4n) is 2.51. The number of fused-ring (bicyclic) bond motifs is 1. The van der Waals surface area contributed by atoms with Gasteiger partial charge in [0.25, 0.3) is 0 Å². The number of ether oxygens (including phenoxy) is 1. The first-order chi connectivity index (χ1) is 8.08. The Labute approximate surface area is 103 Å². The molecule has 0 amide bonds. The summed E-state index contributed by atoms with van der Waals surface area (Å²) in [6, 6.07) is 0. The van der Waals surface area contributed by atoms with Crippen LogP contribution in [0.2, 0.25) is 0 Å². The van der Waals surface area contributed by atoms with Gasteiger partial charge in [0, 0.05) is 11.5 Å². The van der Waals surface area contributed by atoms with Gasteiger partial charge in [-0.05, 0) is 45.6 Å². The Kier molecular flexibility index (Phi) is 3.51. The van der Waals surface area contributed by atoms with Crippen molar-refractivity contribution in [1.82, 2.24) is 0 Å². The molecule has 0 bridgehead atoms. The molecule has 1 fully saturated rings. The highest BCUT2D eigenvalue weighted by Crippen LogP contribution is 2.33. The number of rotatable bonds is 0. The number of hydrogen-bond acceptors (Lipinski definition) is 2. The Hall–Kier alpha value is -1.31. The van der Waals surface area contributed by atoms with Crippen molar-refractivity contribution < 1.29 is 9.53 Å². The van der Waals surface area contributed by atoms with Crippen LogP contribution in [0.4, 0.5) is 0 Å². The number of esters is 1. The van der Waals surface area contributed by atoms with Crippen LogP contribution >= 0.6 is 0 Å². The van der Waals surface area contributed by atoms with Gasteiger partial charge in [-0.25, -0.2) is 4.79 Å². The van der Waals surface area contributed by atoms with Gasteiger partial charge in [0.2, 0.25) is 0 Å². The normalized spacial score (nSPS) is 36.4. The van der Waals surface area contributed by atoms with Crippen LogP contribution in [-0.2, 0) is 9.53 Å². The topological polar surface area (TPSA) is 26.3 Å². The van der Waals surface area contributed by atoms with Crippen molar-refractivity contribution in [2.75, 3.05) is 0 Å². The predicted octanol–water partition coefficient (Wildman–Crippen LogP) is 3.55. The predicted molar refractivity (Wildman–Crippen MR) is 68.5 cm³/mol. The van der Waals surface area contributed by atoms with Gasteiger partial charge >= 0.3 is 5.97 Å². The van der Waals surface area contributed by atoms with Gasteiger partial charge in [-0.2, -0.15) is 0 Å². The molecule has 1 aliphatic heterocycles. The van der Waals surface area contributed by atoms with Gasteiger partial charge in [0.05, 0.1) is 0 Å². The standard InChI is InChI=1S/C15H20O2/c1-10-5-4-6-11(2)9-14-13(8-7-10)12(3)15(16)17-14/h5,9,13-14H,3-4,6-8H2,1-2H3/b10-5+,11-9+/t13-,14+/m1/s1. The lowest BCUT2D eigenvalue weighted by atomic mass is 9.88. The Balaban J connectivity index is 2.24. The summed E-state index contributed by atoms with van der Waals surface area (Å²) in [5, 5.41) is 0. The van der Waals surface area contributed by atoms with Crippen molar-refractivity contribution in [1.29, 1.82) is 0 Å². The molecule has 2 aliphatic rings. The summed E-state index contributed by atoms with van der Waals surface area (Å²) < 4.78 is 5.38. The number of carbonyl (C=O) groups excluding carboxylic acids is 1. The van der Waals surface area contributed by atoms with Gasteiger partial charge in [0.15, 0.2) is 0 Å². The minimum Gasteiger partial charge on any atom is -0.454 e. The Morgan fingerprint density at radius 1 is 1.29 bits per heavy atom. The third-order valence-corrected chi connectivity index (χ3v) is 3.68. The zero-order chi connectivity index (χ0) is 12.4. The average molecular weight is 232 g/mol. The number of hydrogen-bond donors (Lipinski definition) is 0. The minimum absolute atomic E-state index is 0.0825. The Bertz CT molecular complexity index is 401. The second-order valence-electron chi connectivity index (χ2n) is 5.14. The summed E-state index contributed by atoms with van der Waals surface area (Å²) in [6.07, 6.45) is 8.45. The van der Waals surface area contributed by atoms with Crippen LogP contribution < -0.4 is 0 Å². The average Bonchev–Trinajstić information content (AvgIpc) is 2.52. The summed E-state index contributed by atoms with van der Waals surface area (Å²) in [5.74, 6) is -0.0520. The molecule has 0 aromatic rings. The molecular weight excluding hydrogens is 212 g/mol. The molecule has 2 rings (SSSR count). The van der Waals surface area contributed by atoms with Gasteiger partial charge in [-0.15, -0.1) is 0 Å². The van der Waals surface area contributed by atoms with E-state index in [1.54, 1.807) is 0 Å². The molecule has 0 saturated carbocycles. The molecule has 0 aromatic carbocycles. The Morgan fingerprint density at radius 3 is 2.82 bits per heavy atom. The van der Waals surface area contributed by atoms with Crippen molar-refractivity contribution in [2.24, 2.45) is 5.92 Å². The lowest BCUT2D eigenvalue weighted by molar-refractivity contribution is -0.137. The quantitative estimate of drug-likeness (QED) is 0.363. The fourth-order valence-corrected chi connectivity index (χ4v) is 2.51. The summed E-state index contributed by atoms with van der Waals surface area (Å²) in [6.45, 7) is 8.14. The van der Waals surface area contributed by atoms with Crippen LogP contribution in [0, 0.1) is 5.92 Å². The lowest BCUT2D eigenvalue weighted by Crippen LogP contribution is -2.15. The third kappa shape index (κ3) is 2.68. The molecule has 0 unspecified atom stereocenters. The molecule has 0 radical (unpaired) electrons. The zero-order valence-electron chi connectivity index (χ0n) is 10.7. The summed E-state index contributed by atoms with van der Waals surface area (Å²) in [5.41, 5.74) is 3.35. The van der Waals surface area contributed by atoms with Gasteiger partial charge in [-0.1, -0.05) is 23.8 Å². The highest BCUT2D eigenvalue weighted by Gasteiger charge is 2.36. The van der Waals surface area contributed by atoms with Crippen molar-refractivity contribution in [2.45, 2.75) is 45.6 Å². The molecule has 2 atom stereocenters. The SMILES string of the molecule is C=C1C(=O)O[C@H]2/C=C(\C)CC/C=C(\C)CC[C@H]12. The monoisotopic (exact) mass is 232 g/mol. The van der Waals surface area contributed by atoms with E-state index in [2.05, 4.69) is 32.6 Å². The molecule has 2 heteroatoms. The molecule has 1 saturated heterocycles. The van der Waals surface area contributed by atoms with Crippen molar-refractivity contribution in [3.8, 4) is 0 Å². The lowest BCUT2D eigenvalue weighted by Gasteiger charge is -2.17. The molecule has 0 N–H and O–H groups in total. The fraction of sp³-hybridized carbons (Fsp3) is 0.533. The molecule has 17 heavy (non-hydrogen) atoms. The number of carbonyl (C=O) groups is 1. The van der Waals surface area contributed by atoms with E-state index in [1.165, 1.54) is 11.1 Å². The van der Waals surface area contributed by atoms with Crippen LogP contribution in [0.5, 0.6) is 0 Å². The largest absolute Gasteiger partial charge is 0.454 e. The molecule has 1 heterocycles. The van der Waals surface area contributed by atoms with E-state index in [0.29, 0.717) is 5.57 Å². The first kappa shape index (κ1) is 12.2. The maximum absolute atomic E-state index is 11.6. The van der Waals surface area contributed by atoms with Crippen molar-refractivity contribution >= 4 is 5.97 Å². The first-order valence-corrected chi connectivity index (χ1v) is 6.30. The van der Waals surface area contributed by atoms with E-state index < -0.39 is 0 Å². The van der Waals surface area contributed by atoms with E-state index in [0.717, 1.165) is 25.7 Å². The van der Waals surface area contributed by atoms with Crippen molar-refractivity contribution in [3.05, 3.63) is 35.5 Å². The van der Waals surface area contributed by atoms with Gasteiger partial charge < -0.3 is 4.74 Å². The Morgan fingerprint density at radius 2 is 2.06 bits per heavy atom. The second kappa shape index (κ2) is 4.91. The second-order valence-corrected chi connectivity index (χ2v) is 5.14. The van der Waals surface area contributed by atoms with Crippen LogP contribution in [0.15, 0.2) is 35.5 Å². The zero-order valence-corrected chi connectivity index (χ0v) is 10.7. The van der Waals surface area contributed by atoms with E-state index in [9.17, 15) is 4.79 Å². The van der Waals surface area contributed by atoms with Crippen LogP contribution in [0.25, 0.3) is 0 Å². The molecule has 0 aromatic heterocycles. The maximum atomic E-state index is 11.6. The molecular formula is C15H20O2. The third-order valence-electron chi connectivity index (χ3n) is 3.68. The van der Waals surface area contributed by atoms with Crippen LogP contribution in [0.1, 0.15) is 39.5 Å². The molecule has 92 valence electrons. The summed E-state index contributed by atoms with van der Waals surface area (Å²) in [7, 11) is 0. The maximum Gasteiger partial charge on any atom is 0.334 e. The van der Waals surface area contributed by atoms with Gasteiger partial charge in [0.1, 0.15) is 6.10 Å². The molecule has 1 aliphatic carbocycles. The van der Waals surface area contributed by atoms with E-state index in [4.69, 9.17) is 4.74 Å². The van der Waals surface area contributed by atoms with E-state index in [-0.39, 0.29) is 18.0 Å². The summed E-state index contributed by atoms with van der Waals surface area (Å²) >= 11 is 0. The molecule has 2 nitrogen and oxygen atoms in total. The highest BCUT2D eigenvalue weighted by molar-refractivity contribution is 5.91. The van der Waals surface area contributed by atoms with E-state index in [1.807, 2.05) is 0 Å². The summed E-state index contributed by atoms with van der Waals surface area (Å²) in [4.78, 5) is 11.6. The first-order valence-electron chi connectivity index (χ1n) is 6.30. The molecule has 0 spiro atoms. The minimum atomic E-state index is -0.218. The smallest absolute Gasteiger partial charge is 0.334 e.